The van der Waals surface area contributed by atoms with E-state index < -0.39 is 17.8 Å². The van der Waals surface area contributed by atoms with Crippen molar-refractivity contribution in [1.29, 1.82) is 0 Å². The van der Waals surface area contributed by atoms with E-state index in [-0.39, 0.29) is 3.70 Å². The molecule has 1 aromatic rings. The first-order valence-electron chi connectivity index (χ1n) is 2.71. The Labute approximate surface area is 74.8 Å². The molecule has 0 atom stereocenters. The molecule has 1 rings (SSSR count). The van der Waals surface area contributed by atoms with E-state index in [9.17, 15) is 13.2 Å². The minimum absolute atomic E-state index is 0.0117. The molecule has 0 bridgehead atoms. The van der Waals surface area contributed by atoms with Crippen LogP contribution in [0, 0.1) is 9.52 Å². The van der Waals surface area contributed by atoms with Crippen LogP contribution < -0.4 is 0 Å². The summed E-state index contributed by atoms with van der Waals surface area (Å²) < 4.78 is 36.6. The number of halogens is 4. The van der Waals surface area contributed by atoms with Gasteiger partial charge in [0.15, 0.2) is 0 Å². The van der Waals surface area contributed by atoms with Crippen LogP contribution in [-0.2, 0) is 0 Å². The van der Waals surface area contributed by atoms with Crippen LogP contribution >= 0.6 is 22.6 Å². The first-order chi connectivity index (χ1) is 5.13. The molecular formula is C6H3F3IN. The van der Waals surface area contributed by atoms with Crippen LogP contribution in [0.1, 0.15) is 12.0 Å². The van der Waals surface area contributed by atoms with E-state index in [4.69, 9.17) is 0 Å². The number of nitrogens with zero attached hydrogens (tertiary/aromatic N) is 1. The summed E-state index contributed by atoms with van der Waals surface area (Å²) in [7, 11) is 0. The number of alkyl halides is 2. The van der Waals surface area contributed by atoms with Gasteiger partial charge < -0.3 is 0 Å². The molecule has 11 heavy (non-hydrogen) atoms. The zero-order valence-electron chi connectivity index (χ0n) is 5.19. The van der Waals surface area contributed by atoms with Crippen molar-refractivity contribution in [2.75, 3.05) is 0 Å². The van der Waals surface area contributed by atoms with Gasteiger partial charge in [0.25, 0.3) is 6.43 Å². The predicted molar refractivity (Wildman–Crippen MR) is 41.9 cm³/mol. The molecule has 0 radical (unpaired) electrons. The van der Waals surface area contributed by atoms with Gasteiger partial charge in [-0.15, -0.1) is 0 Å². The molecule has 1 nitrogen and oxygen atoms in total. The molecule has 0 saturated heterocycles. The van der Waals surface area contributed by atoms with Crippen LogP contribution in [0.3, 0.4) is 0 Å². The van der Waals surface area contributed by atoms with E-state index in [1.165, 1.54) is 0 Å². The largest absolute Gasteiger partial charge is 0.269 e. The van der Waals surface area contributed by atoms with Gasteiger partial charge in [0.2, 0.25) is 0 Å². The average molecular weight is 273 g/mol. The SMILES string of the molecule is Fc1ccnc(I)c1C(F)F. The first-order valence-corrected chi connectivity index (χ1v) is 3.79. The summed E-state index contributed by atoms with van der Waals surface area (Å²) in [4.78, 5) is 3.53. The zero-order valence-corrected chi connectivity index (χ0v) is 7.35. The van der Waals surface area contributed by atoms with Crippen LogP contribution in [0.5, 0.6) is 0 Å². The minimum atomic E-state index is -2.80. The van der Waals surface area contributed by atoms with Gasteiger partial charge >= 0.3 is 0 Å². The van der Waals surface area contributed by atoms with E-state index >= 15 is 0 Å². The van der Waals surface area contributed by atoms with Crippen molar-refractivity contribution in [3.63, 3.8) is 0 Å². The normalized spacial score (nSPS) is 10.6. The molecule has 0 spiro atoms. The monoisotopic (exact) mass is 273 g/mol. The van der Waals surface area contributed by atoms with Gasteiger partial charge in [-0.2, -0.15) is 0 Å². The summed E-state index contributed by atoms with van der Waals surface area (Å²) in [5.41, 5.74) is -0.617. The van der Waals surface area contributed by atoms with Gasteiger partial charge in [-0.3, -0.25) is 0 Å². The fraction of sp³-hybridized carbons (Fsp3) is 0.167. The maximum Gasteiger partial charge on any atom is 0.269 e. The third kappa shape index (κ3) is 1.82. The van der Waals surface area contributed by atoms with Crippen molar-refractivity contribution in [1.82, 2.24) is 4.98 Å². The lowest BCUT2D eigenvalue weighted by atomic mass is 10.3. The second-order valence-electron chi connectivity index (χ2n) is 1.80. The lowest BCUT2D eigenvalue weighted by molar-refractivity contribution is 0.144. The van der Waals surface area contributed by atoms with Crippen molar-refractivity contribution in [2.24, 2.45) is 0 Å². The molecule has 1 aromatic heterocycles. The van der Waals surface area contributed by atoms with Crippen LogP contribution in [0.4, 0.5) is 13.2 Å². The summed E-state index contributed by atoms with van der Waals surface area (Å²) in [5.74, 6) is -0.903. The summed E-state index contributed by atoms with van der Waals surface area (Å²) in [6.07, 6.45) is -1.64. The average Bonchev–Trinajstić information content (AvgIpc) is 1.85. The number of pyridine rings is 1. The second-order valence-corrected chi connectivity index (χ2v) is 2.82. The first kappa shape index (κ1) is 8.76. The third-order valence-electron chi connectivity index (χ3n) is 1.11. The molecule has 0 aromatic carbocycles. The smallest absolute Gasteiger partial charge is 0.250 e. The summed E-state index contributed by atoms with van der Waals surface area (Å²) in [5, 5.41) is 0. The highest BCUT2D eigenvalue weighted by molar-refractivity contribution is 14.1. The molecular weight excluding hydrogens is 270 g/mol. The van der Waals surface area contributed by atoms with Crippen LogP contribution in [0.15, 0.2) is 12.3 Å². The Morgan fingerprint density at radius 3 is 2.45 bits per heavy atom. The fourth-order valence-corrected chi connectivity index (χ4v) is 1.27. The van der Waals surface area contributed by atoms with Crippen molar-refractivity contribution < 1.29 is 13.2 Å². The Hall–Kier alpha value is -0.330. The Kier molecular flexibility index (Phi) is 2.69. The van der Waals surface area contributed by atoms with Crippen molar-refractivity contribution >= 4 is 22.6 Å². The molecule has 0 unspecified atom stereocenters. The highest BCUT2D eigenvalue weighted by Crippen LogP contribution is 2.24. The van der Waals surface area contributed by atoms with E-state index in [2.05, 4.69) is 4.98 Å². The number of hydrogen-bond acceptors (Lipinski definition) is 1. The quantitative estimate of drug-likeness (QED) is 0.566. The van der Waals surface area contributed by atoms with Crippen LogP contribution in [0.2, 0.25) is 0 Å². The summed E-state index contributed by atoms with van der Waals surface area (Å²) in [6.45, 7) is 0. The lowest BCUT2D eigenvalue weighted by Crippen LogP contribution is -1.96. The maximum absolute atomic E-state index is 12.6. The molecule has 5 heteroatoms. The van der Waals surface area contributed by atoms with Gasteiger partial charge in [0.05, 0.1) is 5.56 Å². The molecule has 0 aliphatic rings. The van der Waals surface area contributed by atoms with E-state index in [0.717, 1.165) is 12.3 Å². The molecule has 0 amide bonds. The zero-order chi connectivity index (χ0) is 8.43. The van der Waals surface area contributed by atoms with Gasteiger partial charge in [0, 0.05) is 6.20 Å². The fourth-order valence-electron chi connectivity index (χ4n) is 0.620. The summed E-state index contributed by atoms with van der Waals surface area (Å²) in [6, 6.07) is 0.920. The van der Waals surface area contributed by atoms with Crippen molar-refractivity contribution in [3.05, 3.63) is 27.3 Å². The predicted octanol–water partition coefficient (Wildman–Crippen LogP) is 2.76. The minimum Gasteiger partial charge on any atom is -0.250 e. The number of hydrogen-bond donors (Lipinski definition) is 0. The number of aromatic nitrogens is 1. The van der Waals surface area contributed by atoms with Gasteiger partial charge in [-0.05, 0) is 28.7 Å². The van der Waals surface area contributed by atoms with Crippen molar-refractivity contribution in [2.45, 2.75) is 6.43 Å². The molecule has 0 N–H and O–H groups in total. The van der Waals surface area contributed by atoms with Crippen LogP contribution in [0.25, 0.3) is 0 Å². The number of rotatable bonds is 1. The molecule has 0 fully saturated rings. The van der Waals surface area contributed by atoms with E-state index in [1.54, 1.807) is 22.6 Å². The molecule has 60 valence electrons. The highest BCUT2D eigenvalue weighted by atomic mass is 127. The van der Waals surface area contributed by atoms with E-state index in [1.807, 2.05) is 0 Å². The van der Waals surface area contributed by atoms with Crippen LogP contribution in [-0.4, -0.2) is 4.98 Å². The van der Waals surface area contributed by atoms with Gasteiger partial charge in [-0.25, -0.2) is 18.2 Å². The lowest BCUT2D eigenvalue weighted by Gasteiger charge is -2.01. The summed E-state index contributed by atoms with van der Waals surface area (Å²) >= 11 is 1.57. The third-order valence-corrected chi connectivity index (χ3v) is 1.97. The van der Waals surface area contributed by atoms with Gasteiger partial charge in [-0.1, -0.05) is 0 Å². The topological polar surface area (TPSA) is 12.9 Å². The molecule has 0 aliphatic heterocycles. The Bertz CT molecular complexity index is 244. The highest BCUT2D eigenvalue weighted by Gasteiger charge is 2.17. The molecule has 1 heterocycles. The van der Waals surface area contributed by atoms with Gasteiger partial charge in [0.1, 0.15) is 9.52 Å². The second kappa shape index (κ2) is 3.38. The maximum atomic E-state index is 12.6. The standard InChI is InChI=1S/C6H3F3IN/c7-3-1-2-11-6(10)4(3)5(8)9/h1-2,5H. The Morgan fingerprint density at radius 1 is 1.45 bits per heavy atom. The molecule has 0 saturated carbocycles. The van der Waals surface area contributed by atoms with Crippen molar-refractivity contribution in [3.8, 4) is 0 Å². The Balaban J connectivity index is 3.21. The molecule has 0 aliphatic carbocycles. The van der Waals surface area contributed by atoms with E-state index in [0.29, 0.717) is 0 Å². The Morgan fingerprint density at radius 2 is 2.09 bits per heavy atom.